The number of esters is 3. The van der Waals surface area contributed by atoms with Crippen molar-refractivity contribution < 1.29 is 28.6 Å². The lowest BCUT2D eigenvalue weighted by molar-refractivity contribution is -0.151. The van der Waals surface area contributed by atoms with Gasteiger partial charge in [0, 0.05) is 18.7 Å². The summed E-state index contributed by atoms with van der Waals surface area (Å²) in [6.07, 6.45) is 7.02. The Morgan fingerprint density at radius 3 is 2.46 bits per heavy atom. The molecular weight excluding hydrogens is 316 g/mol. The predicted octanol–water partition coefficient (Wildman–Crippen LogP) is 1.13. The maximum Gasteiger partial charge on any atom is 0.330 e. The van der Waals surface area contributed by atoms with Gasteiger partial charge in [0.1, 0.15) is 19.0 Å². The molecule has 0 atom stereocenters. The topological polar surface area (TPSA) is 117 Å². The fraction of sp³-hybridized carbons (Fsp3) is 0.375. The van der Waals surface area contributed by atoms with Gasteiger partial charge < -0.3 is 20.1 Å². The molecule has 1 rings (SSSR count). The number of nitrogens with two attached hydrogens (primary N) is 1. The molecule has 0 saturated heterocycles. The van der Waals surface area contributed by atoms with Crippen LogP contribution in [0.4, 0.5) is 0 Å². The number of hydrogen-bond donors (Lipinski definition) is 1. The minimum absolute atomic E-state index is 0.0608. The Hall–Kier alpha value is -2.90. The first-order chi connectivity index (χ1) is 11.5. The third kappa shape index (κ3) is 7.92. The van der Waals surface area contributed by atoms with Crippen molar-refractivity contribution in [2.75, 3.05) is 13.2 Å². The highest BCUT2D eigenvalue weighted by molar-refractivity contribution is 5.81. The molecule has 0 bridgehead atoms. The number of hydrazone groups is 1. The minimum Gasteiger partial charge on any atom is -0.462 e. The Morgan fingerprint density at radius 1 is 1.12 bits per heavy atom. The third-order valence-corrected chi connectivity index (χ3v) is 2.92. The number of nitrogens with zero attached hydrogens (tertiary/aromatic N) is 1. The van der Waals surface area contributed by atoms with Crippen LogP contribution in [0.25, 0.3) is 0 Å². The van der Waals surface area contributed by atoms with Crippen molar-refractivity contribution >= 4 is 24.1 Å². The molecule has 8 nitrogen and oxygen atoms in total. The molecule has 24 heavy (non-hydrogen) atoms. The second kappa shape index (κ2) is 10.8. The number of allylic oxidation sites excluding steroid dienone is 4. The van der Waals surface area contributed by atoms with Crippen molar-refractivity contribution in [3.05, 3.63) is 36.1 Å². The molecule has 2 N–H and O–H groups in total. The summed E-state index contributed by atoms with van der Waals surface area (Å²) in [6.45, 7) is 3.10. The molecule has 1 aliphatic rings. The predicted molar refractivity (Wildman–Crippen MR) is 85.5 cm³/mol. The molecular formula is C16H20N2O6. The van der Waals surface area contributed by atoms with Crippen LogP contribution < -0.4 is 5.84 Å². The molecule has 0 aromatic heterocycles. The Kier molecular flexibility index (Phi) is 8.59. The number of carbonyl (C=O) groups is 3. The van der Waals surface area contributed by atoms with Crippen LogP contribution in [0.5, 0.6) is 0 Å². The summed E-state index contributed by atoms with van der Waals surface area (Å²) in [5, 5.41) is 3.43. The van der Waals surface area contributed by atoms with Crippen LogP contribution in [0.2, 0.25) is 0 Å². The molecule has 8 heteroatoms. The third-order valence-electron chi connectivity index (χ3n) is 2.92. The number of carbonyl (C=O) groups excluding carboxylic acids is 3. The number of hydrogen-bond acceptors (Lipinski definition) is 8. The second-order valence-corrected chi connectivity index (χ2v) is 4.72. The first-order valence-electron chi connectivity index (χ1n) is 7.33. The summed E-state index contributed by atoms with van der Waals surface area (Å²) in [5.41, 5.74) is 0.943. The van der Waals surface area contributed by atoms with Crippen LogP contribution >= 0.6 is 0 Å². The molecule has 0 aromatic carbocycles. The molecule has 1 aliphatic carbocycles. The molecule has 0 aliphatic heterocycles. The van der Waals surface area contributed by atoms with E-state index in [0.29, 0.717) is 18.6 Å². The van der Waals surface area contributed by atoms with Gasteiger partial charge in [-0.25, -0.2) is 4.79 Å². The van der Waals surface area contributed by atoms with Crippen LogP contribution in [0, 0.1) is 0 Å². The SMILES string of the molecule is C=CC(=O)OCCOC(=O)CCC(=O)OC1=CC=C(/C=N/N)CC1. The molecule has 0 heterocycles. The van der Waals surface area contributed by atoms with E-state index in [-0.39, 0.29) is 26.1 Å². The maximum absolute atomic E-state index is 11.7. The molecule has 0 spiro atoms. The van der Waals surface area contributed by atoms with Crippen molar-refractivity contribution in [1.29, 1.82) is 0 Å². The zero-order valence-electron chi connectivity index (χ0n) is 13.2. The summed E-state index contributed by atoms with van der Waals surface area (Å²) < 4.78 is 14.6. The Labute approximate surface area is 139 Å². The van der Waals surface area contributed by atoms with Crippen LogP contribution in [-0.4, -0.2) is 37.3 Å². The average Bonchev–Trinajstić information content (AvgIpc) is 2.58. The van der Waals surface area contributed by atoms with Crippen LogP contribution in [0.1, 0.15) is 25.7 Å². The van der Waals surface area contributed by atoms with Gasteiger partial charge in [0.2, 0.25) is 0 Å². The lowest BCUT2D eigenvalue weighted by Gasteiger charge is -2.12. The first kappa shape index (κ1) is 19.1. The van der Waals surface area contributed by atoms with Crippen molar-refractivity contribution in [2.45, 2.75) is 25.7 Å². The summed E-state index contributed by atoms with van der Waals surface area (Å²) >= 11 is 0. The van der Waals surface area contributed by atoms with Gasteiger partial charge in [-0.1, -0.05) is 12.7 Å². The fourth-order valence-corrected chi connectivity index (χ4v) is 1.75. The summed E-state index contributed by atoms with van der Waals surface area (Å²) in [5.74, 6) is 3.91. The van der Waals surface area contributed by atoms with Gasteiger partial charge in [0.15, 0.2) is 0 Å². The zero-order valence-corrected chi connectivity index (χ0v) is 13.2. The summed E-state index contributed by atoms with van der Waals surface area (Å²) in [7, 11) is 0. The van der Waals surface area contributed by atoms with Gasteiger partial charge >= 0.3 is 17.9 Å². The smallest absolute Gasteiger partial charge is 0.330 e. The number of rotatable bonds is 9. The fourth-order valence-electron chi connectivity index (χ4n) is 1.75. The Bertz CT molecular complexity index is 577. The van der Waals surface area contributed by atoms with Gasteiger partial charge in [-0.3, -0.25) is 9.59 Å². The maximum atomic E-state index is 11.7. The molecule has 130 valence electrons. The van der Waals surface area contributed by atoms with E-state index < -0.39 is 17.9 Å². The van der Waals surface area contributed by atoms with E-state index in [0.717, 1.165) is 11.6 Å². The van der Waals surface area contributed by atoms with E-state index in [1.54, 1.807) is 12.2 Å². The summed E-state index contributed by atoms with van der Waals surface area (Å²) in [4.78, 5) is 33.8. The molecule has 0 radical (unpaired) electrons. The highest BCUT2D eigenvalue weighted by Crippen LogP contribution is 2.18. The molecule has 0 saturated carbocycles. The zero-order chi connectivity index (χ0) is 17.8. The lowest BCUT2D eigenvalue weighted by atomic mass is 10.1. The largest absolute Gasteiger partial charge is 0.462 e. The van der Waals surface area contributed by atoms with Gasteiger partial charge in [0.05, 0.1) is 12.8 Å². The van der Waals surface area contributed by atoms with E-state index in [4.69, 9.17) is 15.3 Å². The highest BCUT2D eigenvalue weighted by Gasteiger charge is 2.13. The lowest BCUT2D eigenvalue weighted by Crippen LogP contribution is -2.14. The standard InChI is InChI=1S/C16H20N2O6/c1-2-14(19)22-9-10-23-15(20)7-8-16(21)24-13-5-3-12(4-6-13)11-18-17/h2-3,5,11H,1,4,6-10,17H2/b18-11+. The molecule has 0 unspecified atom stereocenters. The molecule has 0 aromatic rings. The van der Waals surface area contributed by atoms with Gasteiger partial charge in [-0.15, -0.1) is 0 Å². The quantitative estimate of drug-likeness (QED) is 0.127. The average molecular weight is 336 g/mol. The van der Waals surface area contributed by atoms with Gasteiger partial charge in [-0.2, -0.15) is 5.10 Å². The highest BCUT2D eigenvalue weighted by atomic mass is 16.6. The normalized spacial score (nSPS) is 13.7. The van der Waals surface area contributed by atoms with Gasteiger partial charge in [-0.05, 0) is 18.1 Å². The van der Waals surface area contributed by atoms with E-state index in [1.165, 1.54) is 6.21 Å². The van der Waals surface area contributed by atoms with Crippen LogP contribution in [0.15, 0.2) is 41.2 Å². The summed E-state index contributed by atoms with van der Waals surface area (Å²) in [6, 6.07) is 0. The monoisotopic (exact) mass is 336 g/mol. The van der Waals surface area contributed by atoms with Crippen molar-refractivity contribution in [2.24, 2.45) is 10.9 Å². The van der Waals surface area contributed by atoms with Crippen LogP contribution in [-0.2, 0) is 28.6 Å². The number of ether oxygens (including phenoxy) is 3. The van der Waals surface area contributed by atoms with Gasteiger partial charge in [0.25, 0.3) is 0 Å². The molecule has 0 fully saturated rings. The van der Waals surface area contributed by atoms with E-state index in [9.17, 15) is 14.4 Å². The Morgan fingerprint density at radius 2 is 1.83 bits per heavy atom. The van der Waals surface area contributed by atoms with Crippen molar-refractivity contribution in [3.8, 4) is 0 Å². The van der Waals surface area contributed by atoms with E-state index >= 15 is 0 Å². The molecule has 0 amide bonds. The van der Waals surface area contributed by atoms with E-state index in [2.05, 4.69) is 16.4 Å². The second-order valence-electron chi connectivity index (χ2n) is 4.72. The van der Waals surface area contributed by atoms with Crippen molar-refractivity contribution in [3.63, 3.8) is 0 Å². The van der Waals surface area contributed by atoms with Crippen LogP contribution in [0.3, 0.4) is 0 Å². The van der Waals surface area contributed by atoms with Crippen molar-refractivity contribution in [1.82, 2.24) is 0 Å². The minimum atomic E-state index is -0.592. The van der Waals surface area contributed by atoms with E-state index in [1.807, 2.05) is 0 Å². The first-order valence-corrected chi connectivity index (χ1v) is 7.33. The Balaban J connectivity index is 2.20.